The van der Waals surface area contributed by atoms with E-state index in [9.17, 15) is 20.0 Å². The molecule has 0 aromatic heterocycles. The summed E-state index contributed by atoms with van der Waals surface area (Å²) in [6.07, 6.45) is -1.51. The van der Waals surface area contributed by atoms with Crippen LogP contribution in [0.15, 0.2) is 35.8 Å². The molecule has 1 aromatic carbocycles. The van der Waals surface area contributed by atoms with E-state index in [-0.39, 0.29) is 24.7 Å². The van der Waals surface area contributed by atoms with Gasteiger partial charge in [0.1, 0.15) is 12.7 Å². The van der Waals surface area contributed by atoms with Crippen LogP contribution in [-0.4, -0.2) is 40.6 Å². The maximum Gasteiger partial charge on any atom is 0.378 e. The first-order valence-electron chi connectivity index (χ1n) is 7.59. The maximum atomic E-state index is 11.7. The summed E-state index contributed by atoms with van der Waals surface area (Å²) in [6, 6.07) is 5.75. The summed E-state index contributed by atoms with van der Waals surface area (Å²) in [5.74, 6) is -2.36. The van der Waals surface area contributed by atoms with E-state index in [0.717, 1.165) is 0 Å². The van der Waals surface area contributed by atoms with Gasteiger partial charge < -0.3 is 24.1 Å². The van der Waals surface area contributed by atoms with Gasteiger partial charge in [-0.25, -0.2) is 4.79 Å². The predicted molar refractivity (Wildman–Crippen MR) is 82.3 cm³/mol. The molecule has 1 aromatic rings. The number of aliphatic hydroxyl groups is 1. The van der Waals surface area contributed by atoms with Crippen LogP contribution in [0.1, 0.15) is 19.4 Å². The minimum absolute atomic E-state index is 0.00149. The number of nitro groups is 1. The molecule has 0 amide bonds. The molecule has 0 radical (unpaired) electrons. The molecule has 2 atom stereocenters. The molecule has 0 aliphatic carbocycles. The number of ether oxygens (including phenoxy) is 4. The van der Waals surface area contributed by atoms with Crippen LogP contribution in [0.5, 0.6) is 0 Å². The number of nitrogens with zero attached hydrogens (tertiary/aromatic N) is 1. The van der Waals surface area contributed by atoms with Crippen molar-refractivity contribution in [1.82, 2.24) is 0 Å². The Hall–Kier alpha value is -2.65. The van der Waals surface area contributed by atoms with Crippen LogP contribution in [0.25, 0.3) is 0 Å². The zero-order valence-corrected chi connectivity index (χ0v) is 13.6. The van der Waals surface area contributed by atoms with E-state index in [1.807, 2.05) is 0 Å². The number of rotatable bonds is 5. The summed E-state index contributed by atoms with van der Waals surface area (Å²) in [7, 11) is 0. The summed E-state index contributed by atoms with van der Waals surface area (Å²) < 4.78 is 21.8. The number of aliphatic hydroxyl groups excluding tert-OH is 1. The monoisotopic (exact) mass is 351 g/mol. The lowest BCUT2D eigenvalue weighted by Crippen LogP contribution is -2.33. The third-order valence-electron chi connectivity index (χ3n) is 3.83. The number of non-ortho nitro benzene ring substituents is 1. The number of esters is 1. The number of nitro benzene ring substituents is 1. The van der Waals surface area contributed by atoms with E-state index in [1.54, 1.807) is 13.8 Å². The molecule has 9 heteroatoms. The van der Waals surface area contributed by atoms with Crippen molar-refractivity contribution in [3.05, 3.63) is 51.5 Å². The molecule has 0 bridgehead atoms. The van der Waals surface area contributed by atoms with Crippen LogP contribution in [0.2, 0.25) is 0 Å². The molecule has 1 fully saturated rings. The first-order chi connectivity index (χ1) is 11.8. The van der Waals surface area contributed by atoms with Crippen LogP contribution in [0.3, 0.4) is 0 Å². The number of hydrogen-bond acceptors (Lipinski definition) is 8. The largest absolute Gasteiger partial charge is 0.499 e. The molecular formula is C16H17NO8. The average Bonchev–Trinajstić information content (AvgIpc) is 3.06. The molecule has 2 heterocycles. The van der Waals surface area contributed by atoms with Crippen molar-refractivity contribution in [2.45, 2.75) is 38.4 Å². The molecule has 0 unspecified atom stereocenters. The van der Waals surface area contributed by atoms with Crippen LogP contribution < -0.4 is 0 Å². The fourth-order valence-corrected chi connectivity index (χ4v) is 2.59. The lowest BCUT2D eigenvalue weighted by atomic mass is 10.1. The van der Waals surface area contributed by atoms with Gasteiger partial charge in [-0.1, -0.05) is 0 Å². The summed E-state index contributed by atoms with van der Waals surface area (Å²) in [5.41, 5.74) is 0.592. The van der Waals surface area contributed by atoms with Crippen molar-refractivity contribution in [1.29, 1.82) is 0 Å². The Morgan fingerprint density at radius 1 is 1.36 bits per heavy atom. The highest BCUT2D eigenvalue weighted by Gasteiger charge is 2.47. The number of carbonyl (C=O) groups excluding carboxylic acids is 1. The molecule has 1 saturated heterocycles. The quantitative estimate of drug-likeness (QED) is 0.486. The zero-order valence-electron chi connectivity index (χ0n) is 13.6. The second-order valence-electron chi connectivity index (χ2n) is 6.12. The van der Waals surface area contributed by atoms with Gasteiger partial charge in [0.05, 0.1) is 11.5 Å². The predicted octanol–water partition coefficient (Wildman–Crippen LogP) is 1.96. The van der Waals surface area contributed by atoms with E-state index in [0.29, 0.717) is 5.56 Å². The van der Waals surface area contributed by atoms with Gasteiger partial charge >= 0.3 is 5.97 Å². The lowest BCUT2D eigenvalue weighted by Gasteiger charge is -2.21. The normalized spacial score (nSPS) is 25.1. The van der Waals surface area contributed by atoms with Crippen LogP contribution in [-0.2, 0) is 30.3 Å². The third-order valence-corrected chi connectivity index (χ3v) is 3.83. The van der Waals surface area contributed by atoms with Crippen LogP contribution >= 0.6 is 0 Å². The van der Waals surface area contributed by atoms with Gasteiger partial charge in [0.25, 0.3) is 5.69 Å². The number of hydrogen-bond donors (Lipinski definition) is 1. The summed E-state index contributed by atoms with van der Waals surface area (Å²) in [4.78, 5) is 21.8. The Kier molecular flexibility index (Phi) is 4.36. The average molecular weight is 351 g/mol. The van der Waals surface area contributed by atoms with Gasteiger partial charge in [-0.15, -0.1) is 0 Å². The Morgan fingerprint density at radius 3 is 2.60 bits per heavy atom. The molecule has 2 aliphatic heterocycles. The van der Waals surface area contributed by atoms with E-state index in [1.165, 1.54) is 24.3 Å². The van der Waals surface area contributed by atoms with Crippen molar-refractivity contribution in [3.8, 4) is 0 Å². The van der Waals surface area contributed by atoms with Crippen LogP contribution in [0.4, 0.5) is 5.69 Å². The molecule has 25 heavy (non-hydrogen) atoms. The van der Waals surface area contributed by atoms with Gasteiger partial charge in [-0.05, 0) is 31.5 Å². The molecule has 0 saturated carbocycles. The summed E-state index contributed by atoms with van der Waals surface area (Å²) >= 11 is 0. The molecule has 9 nitrogen and oxygen atoms in total. The number of cyclic esters (lactones) is 1. The van der Waals surface area contributed by atoms with Gasteiger partial charge in [-0.3, -0.25) is 10.1 Å². The fraction of sp³-hybridized carbons (Fsp3) is 0.438. The standard InChI is InChI=1S/C16H17NO8/c1-16(2)23-8-11(25-16)13-14(12(18)15(19)24-13)22-7-9-3-5-10(6-4-9)17(20)21/h3-6,11,13,18H,7-8H2,1-2H3/t11-,13+/m0/s1. The number of benzene rings is 1. The van der Waals surface area contributed by atoms with Crippen molar-refractivity contribution >= 4 is 11.7 Å². The van der Waals surface area contributed by atoms with Crippen molar-refractivity contribution in [2.24, 2.45) is 0 Å². The van der Waals surface area contributed by atoms with Crippen molar-refractivity contribution < 1.29 is 33.8 Å². The molecule has 134 valence electrons. The molecule has 2 aliphatic rings. The first-order valence-corrected chi connectivity index (χ1v) is 7.59. The highest BCUT2D eigenvalue weighted by Crippen LogP contribution is 2.33. The first kappa shape index (κ1) is 17.2. The van der Waals surface area contributed by atoms with Gasteiger partial charge in [0, 0.05) is 12.1 Å². The second-order valence-corrected chi connectivity index (χ2v) is 6.12. The van der Waals surface area contributed by atoms with Crippen LogP contribution in [0, 0.1) is 10.1 Å². The smallest absolute Gasteiger partial charge is 0.378 e. The number of carbonyl (C=O) groups is 1. The molecule has 1 N–H and O–H groups in total. The van der Waals surface area contributed by atoms with E-state index in [4.69, 9.17) is 18.9 Å². The van der Waals surface area contributed by atoms with E-state index >= 15 is 0 Å². The minimum atomic E-state index is -0.910. The maximum absolute atomic E-state index is 11.7. The summed E-state index contributed by atoms with van der Waals surface area (Å²) in [6.45, 7) is 3.64. The van der Waals surface area contributed by atoms with Crippen molar-refractivity contribution in [2.75, 3.05) is 6.61 Å². The Labute approximate surface area is 142 Å². The summed E-state index contributed by atoms with van der Waals surface area (Å²) in [5, 5.41) is 20.6. The lowest BCUT2D eigenvalue weighted by molar-refractivity contribution is -0.384. The van der Waals surface area contributed by atoms with Gasteiger partial charge in [-0.2, -0.15) is 0 Å². The third kappa shape index (κ3) is 3.57. The Bertz CT molecular complexity index is 724. The van der Waals surface area contributed by atoms with Gasteiger partial charge in [0.15, 0.2) is 17.7 Å². The van der Waals surface area contributed by atoms with E-state index < -0.39 is 34.6 Å². The molecule has 0 spiro atoms. The topological polar surface area (TPSA) is 117 Å². The van der Waals surface area contributed by atoms with E-state index in [2.05, 4.69) is 0 Å². The molecular weight excluding hydrogens is 334 g/mol. The SMILES string of the molecule is CC1(C)OC[C@@H]([C@H]2OC(=O)C(O)=C2OCc2ccc([N+](=O)[O-])cc2)O1. The van der Waals surface area contributed by atoms with Crippen molar-refractivity contribution in [3.63, 3.8) is 0 Å². The van der Waals surface area contributed by atoms with Gasteiger partial charge in [0.2, 0.25) is 5.76 Å². The Balaban J connectivity index is 1.70. The minimum Gasteiger partial charge on any atom is -0.499 e. The highest BCUT2D eigenvalue weighted by atomic mass is 16.8. The second kappa shape index (κ2) is 6.34. The Morgan fingerprint density at radius 2 is 2.04 bits per heavy atom. The fourth-order valence-electron chi connectivity index (χ4n) is 2.59. The molecule has 3 rings (SSSR count). The zero-order chi connectivity index (χ0) is 18.2. The highest BCUT2D eigenvalue weighted by molar-refractivity contribution is 5.89.